The SMILES string of the molecule is CC1CCC(CCc2ccc(C3=CCc4cc(C(=O)NC5CCCCC5C)ccc4N3)cc2)CC1. The number of hydrogen-bond acceptors (Lipinski definition) is 2. The number of allylic oxidation sites excluding steroid dienone is 1. The molecule has 2 atom stereocenters. The molecule has 1 heterocycles. The van der Waals surface area contributed by atoms with Gasteiger partial charge in [0.2, 0.25) is 0 Å². The van der Waals surface area contributed by atoms with E-state index in [0.717, 1.165) is 35.9 Å². The predicted octanol–water partition coefficient (Wildman–Crippen LogP) is 7.76. The average Bonchev–Trinajstić information content (AvgIpc) is 2.89. The molecule has 5 rings (SSSR count). The highest BCUT2D eigenvalue weighted by atomic mass is 16.1. The fourth-order valence-corrected chi connectivity index (χ4v) is 6.25. The van der Waals surface area contributed by atoms with Crippen LogP contribution in [0.5, 0.6) is 0 Å². The van der Waals surface area contributed by atoms with Crippen LogP contribution >= 0.6 is 0 Å². The van der Waals surface area contributed by atoms with Crippen LogP contribution in [0.1, 0.15) is 98.7 Å². The number of fused-ring (bicyclic) bond motifs is 1. The first-order valence-corrected chi connectivity index (χ1v) is 14.1. The van der Waals surface area contributed by atoms with E-state index >= 15 is 0 Å². The summed E-state index contributed by atoms with van der Waals surface area (Å²) in [6.07, 6.45) is 16.1. The van der Waals surface area contributed by atoms with E-state index in [1.807, 2.05) is 6.07 Å². The van der Waals surface area contributed by atoms with Crippen LogP contribution in [-0.4, -0.2) is 11.9 Å². The summed E-state index contributed by atoms with van der Waals surface area (Å²) in [5, 5.41) is 6.89. The summed E-state index contributed by atoms with van der Waals surface area (Å²) >= 11 is 0. The van der Waals surface area contributed by atoms with Crippen LogP contribution in [0, 0.1) is 17.8 Å². The van der Waals surface area contributed by atoms with Crippen LogP contribution in [0.15, 0.2) is 48.5 Å². The average molecular weight is 471 g/mol. The standard InChI is InChI=1S/C32H42N2O/c1-22-7-9-24(10-8-22)11-12-25-13-15-26(16-14-25)30-19-17-27-21-28(18-20-31(27)33-30)32(35)34-29-6-4-3-5-23(29)2/h13-16,18-24,29,33H,3-12,17H2,1-2H3,(H,34,35). The van der Waals surface area contributed by atoms with Gasteiger partial charge in [-0.3, -0.25) is 4.79 Å². The molecule has 2 N–H and O–H groups in total. The molecule has 2 fully saturated rings. The summed E-state index contributed by atoms with van der Waals surface area (Å²) in [5.41, 5.74) is 6.93. The van der Waals surface area contributed by atoms with Gasteiger partial charge in [-0.2, -0.15) is 0 Å². The second-order valence-electron chi connectivity index (χ2n) is 11.5. The number of nitrogens with one attached hydrogen (secondary N) is 2. The summed E-state index contributed by atoms with van der Waals surface area (Å²) in [7, 11) is 0. The lowest BCUT2D eigenvalue weighted by atomic mass is 9.80. The van der Waals surface area contributed by atoms with E-state index in [9.17, 15) is 4.79 Å². The van der Waals surface area contributed by atoms with Gasteiger partial charge >= 0.3 is 0 Å². The zero-order valence-corrected chi connectivity index (χ0v) is 21.6. The molecule has 0 bridgehead atoms. The number of anilines is 1. The van der Waals surface area contributed by atoms with Gasteiger partial charge < -0.3 is 10.6 Å². The Morgan fingerprint density at radius 2 is 1.71 bits per heavy atom. The Morgan fingerprint density at radius 1 is 0.943 bits per heavy atom. The van der Waals surface area contributed by atoms with E-state index in [1.165, 1.54) is 80.2 Å². The number of carbonyl (C=O) groups excluding carboxylic acids is 1. The highest BCUT2D eigenvalue weighted by molar-refractivity contribution is 5.95. The molecule has 2 unspecified atom stereocenters. The molecule has 1 amide bonds. The Labute approximate surface area is 211 Å². The first-order valence-electron chi connectivity index (χ1n) is 14.1. The van der Waals surface area contributed by atoms with Gasteiger partial charge in [-0.25, -0.2) is 0 Å². The maximum atomic E-state index is 12.9. The summed E-state index contributed by atoms with van der Waals surface area (Å²) in [4.78, 5) is 12.9. The zero-order valence-electron chi connectivity index (χ0n) is 21.6. The fourth-order valence-electron chi connectivity index (χ4n) is 6.25. The highest BCUT2D eigenvalue weighted by Crippen LogP contribution is 2.32. The Kier molecular flexibility index (Phi) is 7.60. The van der Waals surface area contributed by atoms with Crippen LogP contribution in [0.25, 0.3) is 5.70 Å². The number of aryl methyl sites for hydroxylation is 1. The second kappa shape index (κ2) is 11.0. The Morgan fingerprint density at radius 3 is 2.49 bits per heavy atom. The van der Waals surface area contributed by atoms with Crippen molar-refractivity contribution in [2.45, 2.75) is 90.5 Å². The number of hydrogen-bond donors (Lipinski definition) is 2. The first-order chi connectivity index (χ1) is 17.0. The molecule has 3 nitrogen and oxygen atoms in total. The maximum Gasteiger partial charge on any atom is 0.251 e. The fraction of sp³-hybridized carbons (Fsp3) is 0.531. The lowest BCUT2D eigenvalue weighted by Gasteiger charge is -2.29. The third-order valence-corrected chi connectivity index (χ3v) is 8.83. The van der Waals surface area contributed by atoms with Crippen molar-refractivity contribution in [1.29, 1.82) is 0 Å². The molecule has 2 aromatic carbocycles. The molecule has 1 aliphatic heterocycles. The van der Waals surface area contributed by atoms with Crippen LogP contribution < -0.4 is 10.6 Å². The molecule has 0 radical (unpaired) electrons. The van der Waals surface area contributed by atoms with E-state index in [4.69, 9.17) is 0 Å². The molecule has 2 aromatic rings. The molecule has 186 valence electrons. The van der Waals surface area contributed by atoms with Gasteiger partial charge in [-0.1, -0.05) is 82.7 Å². The van der Waals surface area contributed by atoms with Gasteiger partial charge in [0.1, 0.15) is 0 Å². The van der Waals surface area contributed by atoms with Crippen molar-refractivity contribution in [3.05, 3.63) is 70.8 Å². The molecule has 2 saturated carbocycles. The molecule has 2 aliphatic carbocycles. The van der Waals surface area contributed by atoms with Gasteiger partial charge in [0, 0.05) is 23.0 Å². The van der Waals surface area contributed by atoms with Gasteiger partial charge in [-0.05, 0) is 84.7 Å². The van der Waals surface area contributed by atoms with Crippen molar-refractivity contribution in [3.8, 4) is 0 Å². The summed E-state index contributed by atoms with van der Waals surface area (Å²) in [6.45, 7) is 4.66. The van der Waals surface area contributed by atoms with Crippen LogP contribution in [0.2, 0.25) is 0 Å². The Bertz CT molecular complexity index is 1050. The maximum absolute atomic E-state index is 12.9. The lowest BCUT2D eigenvalue weighted by molar-refractivity contribution is 0.0910. The molecule has 0 spiro atoms. The Hall–Kier alpha value is -2.55. The Balaban J connectivity index is 1.17. The van der Waals surface area contributed by atoms with Gasteiger partial charge in [0.05, 0.1) is 0 Å². The van der Waals surface area contributed by atoms with E-state index in [1.54, 1.807) is 0 Å². The normalized spacial score (nSPS) is 26.3. The number of amides is 1. The smallest absolute Gasteiger partial charge is 0.251 e. The van der Waals surface area contributed by atoms with E-state index in [0.29, 0.717) is 12.0 Å². The van der Waals surface area contributed by atoms with Crippen molar-refractivity contribution in [2.75, 3.05) is 5.32 Å². The van der Waals surface area contributed by atoms with E-state index in [2.05, 4.69) is 67.0 Å². The van der Waals surface area contributed by atoms with Crippen molar-refractivity contribution < 1.29 is 4.79 Å². The predicted molar refractivity (Wildman–Crippen MR) is 147 cm³/mol. The monoisotopic (exact) mass is 470 g/mol. The first kappa shape index (κ1) is 24.2. The molecule has 3 aliphatic rings. The minimum Gasteiger partial charge on any atom is -0.355 e. The second-order valence-corrected chi connectivity index (χ2v) is 11.5. The number of rotatable bonds is 6. The topological polar surface area (TPSA) is 41.1 Å². The molecular weight excluding hydrogens is 428 g/mol. The van der Waals surface area contributed by atoms with Crippen molar-refractivity contribution in [2.24, 2.45) is 17.8 Å². The molecule has 0 saturated heterocycles. The van der Waals surface area contributed by atoms with Crippen molar-refractivity contribution in [1.82, 2.24) is 5.32 Å². The number of carbonyl (C=O) groups is 1. The summed E-state index contributed by atoms with van der Waals surface area (Å²) in [5.74, 6) is 2.49. The van der Waals surface area contributed by atoms with Crippen molar-refractivity contribution in [3.63, 3.8) is 0 Å². The third kappa shape index (κ3) is 6.00. The van der Waals surface area contributed by atoms with Crippen LogP contribution in [0.4, 0.5) is 5.69 Å². The summed E-state index contributed by atoms with van der Waals surface area (Å²) < 4.78 is 0. The van der Waals surface area contributed by atoms with Crippen molar-refractivity contribution >= 4 is 17.3 Å². The van der Waals surface area contributed by atoms with E-state index in [-0.39, 0.29) is 5.91 Å². The molecular formula is C32H42N2O. The van der Waals surface area contributed by atoms with Crippen LogP contribution in [0.3, 0.4) is 0 Å². The molecule has 3 heteroatoms. The van der Waals surface area contributed by atoms with Gasteiger partial charge in [0.25, 0.3) is 5.91 Å². The van der Waals surface area contributed by atoms with Gasteiger partial charge in [-0.15, -0.1) is 0 Å². The third-order valence-electron chi connectivity index (χ3n) is 8.83. The number of benzene rings is 2. The lowest BCUT2D eigenvalue weighted by Crippen LogP contribution is -2.41. The summed E-state index contributed by atoms with van der Waals surface area (Å²) in [6, 6.07) is 15.5. The molecule has 0 aromatic heterocycles. The van der Waals surface area contributed by atoms with Gasteiger partial charge in [0.15, 0.2) is 0 Å². The van der Waals surface area contributed by atoms with Crippen LogP contribution in [-0.2, 0) is 12.8 Å². The highest BCUT2D eigenvalue weighted by Gasteiger charge is 2.24. The van der Waals surface area contributed by atoms with E-state index < -0.39 is 0 Å². The molecule has 35 heavy (non-hydrogen) atoms. The minimum atomic E-state index is 0.0691. The zero-order chi connectivity index (χ0) is 24.2. The largest absolute Gasteiger partial charge is 0.355 e. The quantitative estimate of drug-likeness (QED) is 0.453. The minimum absolute atomic E-state index is 0.0691.